The third kappa shape index (κ3) is 4.04. The van der Waals surface area contributed by atoms with Crippen LogP contribution < -0.4 is 5.73 Å². The molecule has 3 nitrogen and oxygen atoms in total. The van der Waals surface area contributed by atoms with Crippen molar-refractivity contribution < 1.29 is 22.7 Å². The van der Waals surface area contributed by atoms with Crippen molar-refractivity contribution in [2.75, 3.05) is 5.73 Å². The Morgan fingerprint density at radius 1 is 1.17 bits per heavy atom. The van der Waals surface area contributed by atoms with Crippen LogP contribution in [0.2, 0.25) is 0 Å². The second-order valence-corrected chi connectivity index (χ2v) is 4.72. The van der Waals surface area contributed by atoms with Gasteiger partial charge in [0, 0.05) is 11.3 Å². The number of nitrogens with two attached hydrogens (primary N) is 1. The molecule has 0 fully saturated rings. The standard InChI is InChI=1S/C17H12F3NO2/c1-2-11-3-5-12(6-4-11)10-23-16(22)14-8-7-13(21)9-15(14)17(18,19)20/h1,3-9H,10,21H2. The van der Waals surface area contributed by atoms with Crippen molar-refractivity contribution in [1.82, 2.24) is 0 Å². The Kier molecular flexibility index (Phi) is 4.60. The number of alkyl halides is 3. The van der Waals surface area contributed by atoms with E-state index in [0.717, 1.165) is 6.07 Å². The van der Waals surface area contributed by atoms with Crippen molar-refractivity contribution in [2.24, 2.45) is 0 Å². The van der Waals surface area contributed by atoms with Crippen LogP contribution in [-0.4, -0.2) is 5.97 Å². The van der Waals surface area contributed by atoms with Gasteiger partial charge in [-0.15, -0.1) is 6.42 Å². The first-order chi connectivity index (χ1) is 10.8. The molecular weight excluding hydrogens is 307 g/mol. The van der Waals surface area contributed by atoms with Gasteiger partial charge in [-0.1, -0.05) is 18.1 Å². The van der Waals surface area contributed by atoms with E-state index in [2.05, 4.69) is 5.92 Å². The van der Waals surface area contributed by atoms with E-state index >= 15 is 0 Å². The van der Waals surface area contributed by atoms with Crippen LogP contribution in [0, 0.1) is 12.3 Å². The Morgan fingerprint density at radius 2 is 1.83 bits per heavy atom. The van der Waals surface area contributed by atoms with E-state index in [1.54, 1.807) is 24.3 Å². The quantitative estimate of drug-likeness (QED) is 0.534. The number of halogens is 3. The average Bonchev–Trinajstić information content (AvgIpc) is 2.52. The molecule has 0 spiro atoms. The molecule has 118 valence electrons. The summed E-state index contributed by atoms with van der Waals surface area (Å²) in [4.78, 5) is 11.9. The van der Waals surface area contributed by atoms with Crippen molar-refractivity contribution >= 4 is 11.7 Å². The van der Waals surface area contributed by atoms with Crippen LogP contribution >= 0.6 is 0 Å². The van der Waals surface area contributed by atoms with E-state index < -0.39 is 23.3 Å². The zero-order valence-corrected chi connectivity index (χ0v) is 11.9. The van der Waals surface area contributed by atoms with Gasteiger partial charge in [-0.2, -0.15) is 13.2 Å². The van der Waals surface area contributed by atoms with Crippen LogP contribution in [0.4, 0.5) is 18.9 Å². The monoisotopic (exact) mass is 319 g/mol. The van der Waals surface area contributed by atoms with Gasteiger partial charge < -0.3 is 10.5 Å². The van der Waals surface area contributed by atoms with E-state index in [-0.39, 0.29) is 12.3 Å². The van der Waals surface area contributed by atoms with Gasteiger partial charge in [-0.05, 0) is 35.9 Å². The molecule has 0 aliphatic rings. The molecule has 2 aromatic rings. The number of esters is 1. The summed E-state index contributed by atoms with van der Waals surface area (Å²) >= 11 is 0. The van der Waals surface area contributed by atoms with Crippen molar-refractivity contribution in [3.8, 4) is 12.3 Å². The minimum Gasteiger partial charge on any atom is -0.457 e. The van der Waals surface area contributed by atoms with Crippen LogP contribution in [0.5, 0.6) is 0 Å². The molecule has 0 unspecified atom stereocenters. The molecule has 0 amide bonds. The van der Waals surface area contributed by atoms with Crippen LogP contribution in [0.3, 0.4) is 0 Å². The average molecular weight is 319 g/mol. The van der Waals surface area contributed by atoms with E-state index in [9.17, 15) is 18.0 Å². The second kappa shape index (κ2) is 6.44. The number of carbonyl (C=O) groups is 1. The maximum Gasteiger partial charge on any atom is 0.417 e. The number of terminal acetylenes is 1. The summed E-state index contributed by atoms with van der Waals surface area (Å²) in [5.41, 5.74) is 4.83. The first-order valence-corrected chi connectivity index (χ1v) is 6.50. The minimum absolute atomic E-state index is 0.0845. The third-order valence-corrected chi connectivity index (χ3v) is 3.06. The zero-order valence-electron chi connectivity index (χ0n) is 11.9. The summed E-state index contributed by atoms with van der Waals surface area (Å²) in [6.45, 7) is -0.161. The molecule has 0 bridgehead atoms. The van der Waals surface area contributed by atoms with Crippen LogP contribution in [0.25, 0.3) is 0 Å². The molecule has 6 heteroatoms. The maximum absolute atomic E-state index is 13.0. The number of hydrogen-bond acceptors (Lipinski definition) is 3. The van der Waals surface area contributed by atoms with Crippen LogP contribution in [0.15, 0.2) is 42.5 Å². The molecule has 0 radical (unpaired) electrons. The van der Waals surface area contributed by atoms with Gasteiger partial charge in [0.25, 0.3) is 0 Å². The van der Waals surface area contributed by atoms with Gasteiger partial charge in [-0.25, -0.2) is 4.79 Å². The van der Waals surface area contributed by atoms with Crippen molar-refractivity contribution in [3.05, 3.63) is 64.7 Å². The van der Waals surface area contributed by atoms with Gasteiger partial charge in [0.2, 0.25) is 0 Å². The van der Waals surface area contributed by atoms with Gasteiger partial charge in [0.15, 0.2) is 0 Å². The molecular formula is C17H12F3NO2. The minimum atomic E-state index is -4.70. The topological polar surface area (TPSA) is 52.3 Å². The number of anilines is 1. The predicted molar refractivity (Wildman–Crippen MR) is 79.4 cm³/mol. The largest absolute Gasteiger partial charge is 0.457 e. The lowest BCUT2D eigenvalue weighted by molar-refractivity contribution is -0.138. The Hall–Kier alpha value is -2.94. The highest BCUT2D eigenvalue weighted by atomic mass is 19.4. The number of ether oxygens (including phenoxy) is 1. The fourth-order valence-electron chi connectivity index (χ4n) is 1.90. The van der Waals surface area contributed by atoms with Crippen molar-refractivity contribution in [3.63, 3.8) is 0 Å². The highest BCUT2D eigenvalue weighted by Gasteiger charge is 2.35. The highest BCUT2D eigenvalue weighted by Crippen LogP contribution is 2.33. The Morgan fingerprint density at radius 3 is 2.39 bits per heavy atom. The van der Waals surface area contributed by atoms with Gasteiger partial charge >= 0.3 is 12.1 Å². The Bertz CT molecular complexity index is 759. The summed E-state index contributed by atoms with van der Waals surface area (Å²) in [6, 6.07) is 9.49. The van der Waals surface area contributed by atoms with Gasteiger partial charge in [0.1, 0.15) is 6.61 Å². The molecule has 0 aromatic heterocycles. The van der Waals surface area contributed by atoms with Crippen LogP contribution in [-0.2, 0) is 17.5 Å². The molecule has 0 aliphatic heterocycles. The SMILES string of the molecule is C#Cc1ccc(COC(=O)c2ccc(N)cc2C(F)(F)F)cc1. The maximum atomic E-state index is 13.0. The highest BCUT2D eigenvalue weighted by molar-refractivity contribution is 5.91. The third-order valence-electron chi connectivity index (χ3n) is 3.06. The summed E-state index contributed by atoms with van der Waals surface area (Å²) in [7, 11) is 0. The smallest absolute Gasteiger partial charge is 0.417 e. The molecule has 0 heterocycles. The first-order valence-electron chi connectivity index (χ1n) is 6.50. The van der Waals surface area contributed by atoms with Gasteiger partial charge in [0.05, 0.1) is 11.1 Å². The fourth-order valence-corrected chi connectivity index (χ4v) is 1.90. The predicted octanol–water partition coefficient (Wildman–Crippen LogP) is 3.63. The summed E-state index contributed by atoms with van der Waals surface area (Å²) in [6.07, 6.45) is 0.519. The molecule has 2 aromatic carbocycles. The molecule has 2 rings (SSSR count). The fraction of sp³-hybridized carbons (Fsp3) is 0.118. The molecule has 2 N–H and O–H groups in total. The normalized spacial score (nSPS) is 10.9. The Labute approximate surface area is 130 Å². The van der Waals surface area contributed by atoms with E-state index in [0.29, 0.717) is 17.2 Å². The number of benzene rings is 2. The lowest BCUT2D eigenvalue weighted by Gasteiger charge is -2.13. The second-order valence-electron chi connectivity index (χ2n) is 4.72. The van der Waals surface area contributed by atoms with E-state index in [1.165, 1.54) is 6.07 Å². The molecule has 0 aliphatic carbocycles. The molecule has 23 heavy (non-hydrogen) atoms. The van der Waals surface area contributed by atoms with Crippen molar-refractivity contribution in [1.29, 1.82) is 0 Å². The lowest BCUT2D eigenvalue weighted by Crippen LogP contribution is -2.15. The van der Waals surface area contributed by atoms with E-state index in [4.69, 9.17) is 16.9 Å². The number of hydrogen-bond donors (Lipinski definition) is 1. The number of rotatable bonds is 3. The first kappa shape index (κ1) is 16.4. The zero-order chi connectivity index (χ0) is 17.0. The van der Waals surface area contributed by atoms with E-state index in [1.807, 2.05) is 0 Å². The number of nitrogen functional groups attached to an aromatic ring is 1. The summed E-state index contributed by atoms with van der Waals surface area (Å²) < 4.78 is 43.8. The molecule has 0 saturated carbocycles. The van der Waals surface area contributed by atoms with Crippen molar-refractivity contribution in [2.45, 2.75) is 12.8 Å². The van der Waals surface area contributed by atoms with Gasteiger partial charge in [-0.3, -0.25) is 0 Å². The number of carbonyl (C=O) groups excluding carboxylic acids is 1. The molecule has 0 atom stereocenters. The Balaban J connectivity index is 2.16. The molecule has 0 saturated heterocycles. The van der Waals surface area contributed by atoms with Crippen LogP contribution in [0.1, 0.15) is 27.0 Å². The lowest BCUT2D eigenvalue weighted by atomic mass is 10.1. The summed E-state index contributed by atoms with van der Waals surface area (Å²) in [5, 5.41) is 0. The summed E-state index contributed by atoms with van der Waals surface area (Å²) in [5.74, 6) is 1.36.